The summed E-state index contributed by atoms with van der Waals surface area (Å²) in [6.07, 6.45) is 4.51. The van der Waals surface area contributed by atoms with Crippen molar-refractivity contribution in [3.8, 4) is 0 Å². The average Bonchev–Trinajstić information content (AvgIpc) is 3.47. The van der Waals surface area contributed by atoms with Crippen molar-refractivity contribution in [2.24, 2.45) is 0 Å². The van der Waals surface area contributed by atoms with E-state index < -0.39 is 17.2 Å². The summed E-state index contributed by atoms with van der Waals surface area (Å²) in [4.78, 5) is 3.88. The van der Waals surface area contributed by atoms with Gasteiger partial charge in [-0.1, -0.05) is 29.8 Å². The molecule has 2 aromatic heterocycles. The molecule has 7 nitrogen and oxygen atoms in total. The number of nitrogens with zero attached hydrogens (tertiary/aromatic N) is 5. The van der Waals surface area contributed by atoms with E-state index in [1.807, 2.05) is 42.5 Å². The van der Waals surface area contributed by atoms with Crippen LogP contribution >= 0.6 is 11.6 Å². The van der Waals surface area contributed by atoms with Gasteiger partial charge in [0.1, 0.15) is 29.9 Å². The molecule has 178 valence electrons. The molecule has 5 aromatic rings. The van der Waals surface area contributed by atoms with Crippen molar-refractivity contribution < 1.29 is 13.9 Å². The van der Waals surface area contributed by atoms with Gasteiger partial charge in [-0.15, -0.1) is 0 Å². The maximum atomic E-state index is 14.7. The molecular formula is C25H21ClF2N6O. The van der Waals surface area contributed by atoms with Gasteiger partial charge in [-0.3, -0.25) is 4.68 Å². The quantitative estimate of drug-likeness (QED) is 0.325. The van der Waals surface area contributed by atoms with Gasteiger partial charge in [0, 0.05) is 40.5 Å². The Hall–Kier alpha value is -3.82. The first-order chi connectivity index (χ1) is 16.9. The molecule has 0 aliphatic heterocycles. The SMILES string of the molecule is OC(Cn1cncn1)(Cn1cc2ccc(NCc3ccc(Cl)cc3)cc2n1)c1ccc(F)cc1F. The lowest BCUT2D eigenvalue weighted by molar-refractivity contribution is -0.00828. The second-order valence-corrected chi connectivity index (χ2v) is 8.77. The molecule has 0 bridgehead atoms. The smallest absolute Gasteiger partial charge is 0.137 e. The maximum absolute atomic E-state index is 14.7. The Morgan fingerprint density at radius 2 is 1.77 bits per heavy atom. The normalized spacial score (nSPS) is 13.1. The fourth-order valence-corrected chi connectivity index (χ4v) is 4.13. The molecule has 3 aromatic carbocycles. The molecule has 0 fully saturated rings. The van der Waals surface area contributed by atoms with E-state index in [4.69, 9.17) is 11.6 Å². The summed E-state index contributed by atoms with van der Waals surface area (Å²) in [7, 11) is 0. The first-order valence-electron chi connectivity index (χ1n) is 10.8. The number of fused-ring (bicyclic) bond motifs is 1. The van der Waals surface area contributed by atoms with E-state index >= 15 is 0 Å². The lowest BCUT2D eigenvalue weighted by atomic mass is 9.93. The highest BCUT2D eigenvalue weighted by molar-refractivity contribution is 6.30. The molecule has 1 atom stereocenters. The summed E-state index contributed by atoms with van der Waals surface area (Å²) in [5.74, 6) is -1.57. The van der Waals surface area contributed by atoms with E-state index in [9.17, 15) is 13.9 Å². The van der Waals surface area contributed by atoms with Gasteiger partial charge in [0.15, 0.2) is 0 Å². The summed E-state index contributed by atoms with van der Waals surface area (Å²) in [6, 6.07) is 16.4. The number of aliphatic hydroxyl groups is 1. The van der Waals surface area contributed by atoms with Gasteiger partial charge in [0.2, 0.25) is 0 Å². The van der Waals surface area contributed by atoms with Gasteiger partial charge < -0.3 is 10.4 Å². The zero-order chi connectivity index (χ0) is 24.4. The van der Waals surface area contributed by atoms with Gasteiger partial charge in [-0.05, 0) is 42.0 Å². The lowest BCUT2D eigenvalue weighted by Crippen LogP contribution is -2.37. The van der Waals surface area contributed by atoms with Crippen molar-refractivity contribution in [3.05, 3.63) is 107 Å². The Morgan fingerprint density at radius 3 is 2.51 bits per heavy atom. The third kappa shape index (κ3) is 5.16. The maximum Gasteiger partial charge on any atom is 0.137 e. The lowest BCUT2D eigenvalue weighted by Gasteiger charge is -2.28. The van der Waals surface area contributed by atoms with Crippen molar-refractivity contribution >= 4 is 28.2 Å². The first kappa shape index (κ1) is 22.9. The molecule has 1 unspecified atom stereocenters. The molecule has 35 heavy (non-hydrogen) atoms. The Morgan fingerprint density at radius 1 is 0.971 bits per heavy atom. The Kier molecular flexibility index (Phi) is 6.19. The standard InChI is InChI=1S/C25H21ClF2N6O/c26-19-4-1-17(2-5-19)11-30-21-7-3-18-12-33(32-24(18)10-21)13-25(35,14-34-16-29-15-31-34)22-8-6-20(27)9-23(22)28/h1-10,12,15-16,30,35H,11,13-14H2. The summed E-state index contributed by atoms with van der Waals surface area (Å²) in [5.41, 5.74) is 0.844. The number of benzene rings is 3. The third-order valence-corrected chi connectivity index (χ3v) is 5.96. The molecule has 0 saturated heterocycles. The number of hydrogen-bond acceptors (Lipinski definition) is 5. The van der Waals surface area contributed by atoms with Crippen LogP contribution < -0.4 is 5.32 Å². The third-order valence-electron chi connectivity index (χ3n) is 5.71. The Balaban J connectivity index is 1.40. The van der Waals surface area contributed by atoms with E-state index in [0.717, 1.165) is 28.8 Å². The molecule has 2 heterocycles. The Bertz CT molecular complexity index is 1460. The summed E-state index contributed by atoms with van der Waals surface area (Å²) < 4.78 is 31.2. The minimum atomic E-state index is -1.76. The van der Waals surface area contributed by atoms with Crippen LogP contribution in [0, 0.1) is 11.6 Å². The topological polar surface area (TPSA) is 80.8 Å². The van der Waals surface area contributed by atoms with Gasteiger partial charge in [0.05, 0.1) is 18.6 Å². The van der Waals surface area contributed by atoms with Crippen LogP contribution in [0.1, 0.15) is 11.1 Å². The number of hydrogen-bond donors (Lipinski definition) is 2. The molecule has 5 rings (SSSR count). The minimum Gasteiger partial charge on any atom is -0.381 e. The minimum absolute atomic E-state index is 0.0562. The summed E-state index contributed by atoms with van der Waals surface area (Å²) in [6.45, 7) is 0.433. The van der Waals surface area contributed by atoms with Crippen molar-refractivity contribution in [1.82, 2.24) is 24.5 Å². The molecule has 10 heteroatoms. The molecule has 0 aliphatic carbocycles. The van der Waals surface area contributed by atoms with E-state index in [-0.39, 0.29) is 18.7 Å². The number of rotatable bonds is 8. The average molecular weight is 495 g/mol. The van der Waals surface area contributed by atoms with Gasteiger partial charge in [-0.25, -0.2) is 18.4 Å². The fourth-order valence-electron chi connectivity index (χ4n) is 4.00. The van der Waals surface area contributed by atoms with E-state index in [1.54, 1.807) is 10.9 Å². The molecule has 0 saturated carbocycles. The predicted octanol–water partition coefficient (Wildman–Crippen LogP) is 4.76. The van der Waals surface area contributed by atoms with Gasteiger partial charge >= 0.3 is 0 Å². The zero-order valence-corrected chi connectivity index (χ0v) is 19.2. The highest BCUT2D eigenvalue weighted by Gasteiger charge is 2.34. The van der Waals surface area contributed by atoms with Crippen LogP contribution in [-0.2, 0) is 25.2 Å². The molecular weight excluding hydrogens is 474 g/mol. The van der Waals surface area contributed by atoms with Crippen molar-refractivity contribution in [2.45, 2.75) is 25.2 Å². The number of halogens is 3. The van der Waals surface area contributed by atoms with E-state index in [0.29, 0.717) is 17.1 Å². The van der Waals surface area contributed by atoms with Crippen LogP contribution in [0.3, 0.4) is 0 Å². The Labute approximate surface area is 204 Å². The van der Waals surface area contributed by atoms with Gasteiger partial charge in [0.25, 0.3) is 0 Å². The zero-order valence-electron chi connectivity index (χ0n) is 18.4. The van der Waals surface area contributed by atoms with Crippen molar-refractivity contribution in [2.75, 3.05) is 5.32 Å². The monoisotopic (exact) mass is 494 g/mol. The van der Waals surface area contributed by atoms with Gasteiger partial charge in [-0.2, -0.15) is 10.2 Å². The van der Waals surface area contributed by atoms with Crippen LogP contribution in [0.2, 0.25) is 5.02 Å². The van der Waals surface area contributed by atoms with Crippen LogP contribution in [0.25, 0.3) is 10.9 Å². The van der Waals surface area contributed by atoms with Crippen molar-refractivity contribution in [3.63, 3.8) is 0 Å². The van der Waals surface area contributed by atoms with E-state index in [2.05, 4.69) is 20.5 Å². The summed E-state index contributed by atoms with van der Waals surface area (Å²) in [5, 5.41) is 25.1. The molecule has 0 radical (unpaired) electrons. The number of nitrogens with one attached hydrogen (secondary N) is 1. The fraction of sp³-hybridized carbons (Fsp3) is 0.160. The highest BCUT2D eigenvalue weighted by Crippen LogP contribution is 2.29. The predicted molar refractivity (Wildman–Crippen MR) is 129 cm³/mol. The highest BCUT2D eigenvalue weighted by atomic mass is 35.5. The van der Waals surface area contributed by atoms with Crippen LogP contribution in [-0.4, -0.2) is 29.7 Å². The van der Waals surface area contributed by atoms with Crippen LogP contribution in [0.15, 0.2) is 79.5 Å². The van der Waals surface area contributed by atoms with Crippen molar-refractivity contribution in [1.29, 1.82) is 0 Å². The summed E-state index contributed by atoms with van der Waals surface area (Å²) >= 11 is 5.94. The molecule has 0 spiro atoms. The first-order valence-corrected chi connectivity index (χ1v) is 11.2. The molecule has 0 amide bonds. The second kappa shape index (κ2) is 9.44. The number of aromatic nitrogens is 5. The van der Waals surface area contributed by atoms with E-state index in [1.165, 1.54) is 23.4 Å². The molecule has 2 N–H and O–H groups in total. The second-order valence-electron chi connectivity index (χ2n) is 8.33. The van der Waals surface area contributed by atoms with Crippen LogP contribution in [0.5, 0.6) is 0 Å². The van der Waals surface area contributed by atoms with Crippen LogP contribution in [0.4, 0.5) is 14.5 Å². The molecule has 0 aliphatic rings. The number of anilines is 1. The largest absolute Gasteiger partial charge is 0.381 e.